The zero-order chi connectivity index (χ0) is 14.7. The Morgan fingerprint density at radius 2 is 2.15 bits per heavy atom. The third-order valence-corrected chi connectivity index (χ3v) is 4.11. The van der Waals surface area contributed by atoms with Gasteiger partial charge in [0.1, 0.15) is 5.75 Å². The van der Waals surface area contributed by atoms with Gasteiger partial charge in [-0.1, -0.05) is 38.9 Å². The number of hydrogen-bond acceptors (Lipinski definition) is 6. The third kappa shape index (κ3) is 3.41. The maximum absolute atomic E-state index is 11.5. The number of aromatic nitrogens is 1. The Balaban J connectivity index is 2.26. The number of hydrogen-bond donors (Lipinski definition) is 1. The van der Waals surface area contributed by atoms with Crippen molar-refractivity contribution < 1.29 is 14.3 Å². The van der Waals surface area contributed by atoms with Crippen LogP contribution in [0.25, 0.3) is 0 Å². The predicted molar refractivity (Wildman–Crippen MR) is 82.4 cm³/mol. The number of benzene rings is 1. The van der Waals surface area contributed by atoms with Gasteiger partial charge in [-0.15, -0.1) is 0 Å². The summed E-state index contributed by atoms with van der Waals surface area (Å²) in [7, 11) is 2.88. The smallest absolute Gasteiger partial charge is 0.351 e. The summed E-state index contributed by atoms with van der Waals surface area (Å²) >= 11 is 10.4. The molecule has 1 aromatic heterocycles. The molecule has 0 saturated carbocycles. The highest BCUT2D eigenvalue weighted by molar-refractivity contribution is 9.10. The summed E-state index contributed by atoms with van der Waals surface area (Å²) in [6, 6.07) is 5.49. The molecule has 0 unspecified atom stereocenters. The number of nitrogens with zero attached hydrogens (tertiary/aromatic N) is 1. The molecule has 1 aromatic carbocycles. The monoisotopic (exact) mass is 376 g/mol. The van der Waals surface area contributed by atoms with Crippen LogP contribution in [0.5, 0.6) is 5.75 Å². The molecular formula is C12H10BrClN2O3S. The van der Waals surface area contributed by atoms with E-state index in [2.05, 4.69) is 31.0 Å². The summed E-state index contributed by atoms with van der Waals surface area (Å²) in [6.45, 7) is 0. The standard InChI is InChI=1S/C12H10BrClN2O3S/c1-18-8-4-6(13)3-7(5-8)15-12-16-10(14)9(20-12)11(17)19-2/h3-5H,1-2H3,(H,15,16). The van der Waals surface area contributed by atoms with Crippen molar-refractivity contribution in [3.05, 3.63) is 32.7 Å². The Hall–Kier alpha value is -1.31. The molecule has 1 N–H and O–H groups in total. The lowest BCUT2D eigenvalue weighted by molar-refractivity contribution is 0.0606. The SMILES string of the molecule is COC(=O)c1sc(Nc2cc(Br)cc(OC)c2)nc1Cl. The van der Waals surface area contributed by atoms with E-state index in [1.807, 2.05) is 12.1 Å². The van der Waals surface area contributed by atoms with Crippen molar-refractivity contribution in [2.75, 3.05) is 19.5 Å². The molecule has 106 valence electrons. The van der Waals surface area contributed by atoms with Gasteiger partial charge in [-0.05, 0) is 12.1 Å². The van der Waals surface area contributed by atoms with E-state index in [0.29, 0.717) is 10.9 Å². The number of anilines is 2. The van der Waals surface area contributed by atoms with Gasteiger partial charge in [-0.3, -0.25) is 0 Å². The fourth-order valence-corrected chi connectivity index (χ4v) is 3.05. The summed E-state index contributed by atoms with van der Waals surface area (Å²) in [5, 5.41) is 3.68. The first kappa shape index (κ1) is 15.1. The number of rotatable bonds is 4. The van der Waals surface area contributed by atoms with Crippen LogP contribution in [-0.4, -0.2) is 25.2 Å². The van der Waals surface area contributed by atoms with E-state index in [4.69, 9.17) is 16.3 Å². The molecule has 8 heteroatoms. The van der Waals surface area contributed by atoms with Crippen molar-refractivity contribution in [2.24, 2.45) is 0 Å². The Kier molecular flexibility index (Phi) is 4.85. The molecule has 0 atom stereocenters. The molecule has 0 aliphatic carbocycles. The maximum Gasteiger partial charge on any atom is 0.351 e. The lowest BCUT2D eigenvalue weighted by Crippen LogP contribution is -1.98. The van der Waals surface area contributed by atoms with Gasteiger partial charge in [0.05, 0.1) is 14.2 Å². The zero-order valence-corrected chi connectivity index (χ0v) is 13.7. The second-order valence-corrected chi connectivity index (χ2v) is 5.91. The fraction of sp³-hybridized carbons (Fsp3) is 0.167. The van der Waals surface area contributed by atoms with Crippen LogP contribution in [0.15, 0.2) is 22.7 Å². The predicted octanol–water partition coefficient (Wildman–Crippen LogP) is 4.10. The van der Waals surface area contributed by atoms with Crippen molar-refractivity contribution in [3.63, 3.8) is 0 Å². The van der Waals surface area contributed by atoms with Gasteiger partial charge < -0.3 is 14.8 Å². The van der Waals surface area contributed by atoms with E-state index in [9.17, 15) is 4.79 Å². The van der Waals surface area contributed by atoms with Crippen LogP contribution >= 0.6 is 38.9 Å². The molecular weight excluding hydrogens is 368 g/mol. The van der Waals surface area contributed by atoms with Gasteiger partial charge in [0.15, 0.2) is 15.2 Å². The van der Waals surface area contributed by atoms with Gasteiger partial charge >= 0.3 is 5.97 Å². The van der Waals surface area contributed by atoms with Gasteiger partial charge in [0.2, 0.25) is 0 Å². The fourth-order valence-electron chi connectivity index (χ4n) is 1.45. The highest BCUT2D eigenvalue weighted by Crippen LogP contribution is 2.32. The molecule has 20 heavy (non-hydrogen) atoms. The van der Waals surface area contributed by atoms with Crippen LogP contribution < -0.4 is 10.1 Å². The third-order valence-electron chi connectivity index (χ3n) is 2.31. The number of carbonyl (C=O) groups is 1. The van der Waals surface area contributed by atoms with Crippen LogP contribution in [-0.2, 0) is 4.74 Å². The summed E-state index contributed by atoms with van der Waals surface area (Å²) in [4.78, 5) is 15.8. The molecule has 2 aromatic rings. The van der Waals surface area contributed by atoms with E-state index in [1.54, 1.807) is 13.2 Å². The number of esters is 1. The quantitative estimate of drug-likeness (QED) is 0.813. The number of thiazole rings is 1. The summed E-state index contributed by atoms with van der Waals surface area (Å²) in [5.41, 5.74) is 0.762. The molecule has 0 amide bonds. The molecule has 0 spiro atoms. The van der Waals surface area contributed by atoms with E-state index in [-0.39, 0.29) is 10.0 Å². The van der Waals surface area contributed by atoms with Gasteiger partial charge in [0.25, 0.3) is 0 Å². The van der Waals surface area contributed by atoms with Crippen LogP contribution in [0.4, 0.5) is 10.8 Å². The van der Waals surface area contributed by atoms with Crippen LogP contribution in [0.3, 0.4) is 0 Å². The Morgan fingerprint density at radius 3 is 2.80 bits per heavy atom. The normalized spacial score (nSPS) is 10.2. The molecule has 1 heterocycles. The minimum Gasteiger partial charge on any atom is -0.497 e. The van der Waals surface area contributed by atoms with E-state index in [1.165, 1.54) is 7.11 Å². The van der Waals surface area contributed by atoms with Gasteiger partial charge in [-0.2, -0.15) is 0 Å². The topological polar surface area (TPSA) is 60.5 Å². The van der Waals surface area contributed by atoms with Crippen molar-refractivity contribution in [2.45, 2.75) is 0 Å². The van der Waals surface area contributed by atoms with Crippen LogP contribution in [0.1, 0.15) is 9.67 Å². The van der Waals surface area contributed by atoms with Gasteiger partial charge in [0, 0.05) is 16.2 Å². The second kappa shape index (κ2) is 6.43. The first-order valence-electron chi connectivity index (χ1n) is 5.39. The van der Waals surface area contributed by atoms with Crippen molar-refractivity contribution in [1.82, 2.24) is 4.98 Å². The summed E-state index contributed by atoms with van der Waals surface area (Å²) in [5.74, 6) is 0.185. The number of nitrogens with one attached hydrogen (secondary N) is 1. The number of ether oxygens (including phenoxy) is 2. The molecule has 5 nitrogen and oxygen atoms in total. The number of methoxy groups -OCH3 is 2. The van der Waals surface area contributed by atoms with Crippen molar-refractivity contribution in [3.8, 4) is 5.75 Å². The first-order valence-corrected chi connectivity index (χ1v) is 7.38. The molecule has 0 saturated heterocycles. The van der Waals surface area contributed by atoms with E-state index >= 15 is 0 Å². The Bertz CT molecular complexity index is 648. The van der Waals surface area contributed by atoms with Crippen LogP contribution in [0, 0.1) is 0 Å². The molecule has 0 fully saturated rings. The average molecular weight is 378 g/mol. The molecule has 2 rings (SSSR count). The zero-order valence-electron chi connectivity index (χ0n) is 10.6. The molecule has 0 radical (unpaired) electrons. The second-order valence-electron chi connectivity index (χ2n) is 3.64. The Labute approximate surface area is 133 Å². The highest BCUT2D eigenvalue weighted by Gasteiger charge is 2.17. The largest absolute Gasteiger partial charge is 0.497 e. The minimum atomic E-state index is -0.507. The number of carbonyl (C=O) groups excluding carboxylic acids is 1. The summed E-state index contributed by atoms with van der Waals surface area (Å²) < 4.78 is 10.7. The van der Waals surface area contributed by atoms with Crippen molar-refractivity contribution >= 4 is 55.7 Å². The summed E-state index contributed by atoms with van der Waals surface area (Å²) in [6.07, 6.45) is 0. The molecule has 0 bridgehead atoms. The highest BCUT2D eigenvalue weighted by atomic mass is 79.9. The van der Waals surface area contributed by atoms with Crippen molar-refractivity contribution in [1.29, 1.82) is 0 Å². The maximum atomic E-state index is 11.5. The van der Waals surface area contributed by atoms with Crippen LogP contribution in [0.2, 0.25) is 5.15 Å². The van der Waals surface area contributed by atoms with E-state index in [0.717, 1.165) is 21.5 Å². The molecule has 0 aliphatic heterocycles. The average Bonchev–Trinajstić information content (AvgIpc) is 2.77. The Morgan fingerprint density at radius 1 is 1.40 bits per heavy atom. The molecule has 0 aliphatic rings. The minimum absolute atomic E-state index is 0.117. The van der Waals surface area contributed by atoms with E-state index < -0.39 is 5.97 Å². The van der Waals surface area contributed by atoms with Gasteiger partial charge in [-0.25, -0.2) is 9.78 Å². The lowest BCUT2D eigenvalue weighted by Gasteiger charge is -2.06. The first-order chi connectivity index (χ1) is 9.53. The lowest BCUT2D eigenvalue weighted by atomic mass is 10.3. The number of halogens is 2.